The number of nitrogens with one attached hydrogen (secondary N) is 2. The minimum atomic E-state index is -1.35. The highest BCUT2D eigenvalue weighted by atomic mass is 35.5. The second kappa shape index (κ2) is 14.9. The van der Waals surface area contributed by atoms with E-state index >= 15 is 0 Å². The van der Waals surface area contributed by atoms with Gasteiger partial charge in [-0.2, -0.15) is 0 Å². The first-order valence-corrected chi connectivity index (χ1v) is 17.6. The molecule has 52 heavy (non-hydrogen) atoms. The van der Waals surface area contributed by atoms with Crippen molar-refractivity contribution in [2.24, 2.45) is 4.99 Å². The molecule has 3 aromatic rings. The summed E-state index contributed by atoms with van der Waals surface area (Å²) in [4.78, 5) is 65.9. The summed E-state index contributed by atoms with van der Waals surface area (Å²) >= 11 is 7.85. The van der Waals surface area contributed by atoms with Crippen molar-refractivity contribution >= 4 is 58.5 Å². The van der Waals surface area contributed by atoms with Gasteiger partial charge in [-0.15, -0.1) is 11.3 Å². The molecule has 2 saturated heterocycles. The molecular formula is C35H37ClFN7O7S. The fourth-order valence-corrected chi connectivity index (χ4v) is 7.24. The summed E-state index contributed by atoms with van der Waals surface area (Å²) in [7, 11) is 1.28. The zero-order chi connectivity index (χ0) is 37.3. The molecule has 1 aromatic heterocycles. The number of aliphatic imine (C=N–C) groups is 1. The van der Waals surface area contributed by atoms with E-state index < -0.39 is 41.5 Å². The lowest BCUT2D eigenvalue weighted by molar-refractivity contribution is -0.139. The molecule has 6 rings (SSSR count). The quantitative estimate of drug-likeness (QED) is 0.260. The molecule has 2 unspecified atom stereocenters. The maximum Gasteiger partial charge on any atom is 0.408 e. The normalized spacial score (nSPS) is 19.8. The van der Waals surface area contributed by atoms with Gasteiger partial charge >= 0.3 is 24.1 Å². The van der Waals surface area contributed by atoms with Crippen LogP contribution in [0.1, 0.15) is 49.0 Å². The first-order valence-electron chi connectivity index (χ1n) is 16.4. The van der Waals surface area contributed by atoms with Crippen LogP contribution in [-0.2, 0) is 19.1 Å². The molecule has 0 spiro atoms. The van der Waals surface area contributed by atoms with Crippen LogP contribution in [0.4, 0.5) is 19.7 Å². The summed E-state index contributed by atoms with van der Waals surface area (Å²) in [6, 6.07) is 7.72. The van der Waals surface area contributed by atoms with E-state index in [0.717, 1.165) is 0 Å². The number of ether oxygens (including phenoxy) is 2. The molecule has 3 atom stereocenters. The number of anilines is 1. The van der Waals surface area contributed by atoms with Gasteiger partial charge in [-0.3, -0.25) is 14.8 Å². The van der Waals surface area contributed by atoms with Gasteiger partial charge in [-0.1, -0.05) is 29.8 Å². The van der Waals surface area contributed by atoms with Crippen LogP contribution in [0.25, 0.3) is 0 Å². The number of rotatable bonds is 9. The number of hydrogen-bond acceptors (Lipinski definition) is 11. The van der Waals surface area contributed by atoms with Crippen molar-refractivity contribution in [2.45, 2.75) is 44.5 Å². The number of fused-ring (bicyclic) bond motifs is 1. The number of halogens is 2. The number of hydrogen-bond donors (Lipinski definition) is 3. The molecule has 0 bridgehead atoms. The van der Waals surface area contributed by atoms with E-state index in [2.05, 4.69) is 20.5 Å². The predicted molar refractivity (Wildman–Crippen MR) is 191 cm³/mol. The second-order valence-electron chi connectivity index (χ2n) is 13.4. The van der Waals surface area contributed by atoms with Crippen molar-refractivity contribution in [3.05, 3.63) is 92.3 Å². The van der Waals surface area contributed by atoms with E-state index in [9.17, 15) is 28.7 Å². The van der Waals surface area contributed by atoms with Crippen molar-refractivity contribution < 1.29 is 38.1 Å². The Balaban J connectivity index is 1.20. The Labute approximate surface area is 307 Å². The number of amides is 3. The highest BCUT2D eigenvalue weighted by Gasteiger charge is 2.42. The number of methoxy groups -OCH3 is 1. The molecule has 0 radical (unpaired) electrons. The third-order valence-corrected chi connectivity index (χ3v) is 9.80. The van der Waals surface area contributed by atoms with Gasteiger partial charge in [-0.05, 0) is 50.6 Å². The Hall–Kier alpha value is -5.06. The lowest BCUT2D eigenvalue weighted by atomic mass is 9.95. The number of esters is 1. The Morgan fingerprint density at radius 2 is 1.90 bits per heavy atom. The Kier molecular flexibility index (Phi) is 10.5. The van der Waals surface area contributed by atoms with Gasteiger partial charge in [0.15, 0.2) is 16.9 Å². The lowest BCUT2D eigenvalue weighted by Gasteiger charge is -2.38. The standard InChI is InChI=1S/C35H37ClFN7O7S/c1-35(2,3)51-33(48)41-27(31(45)46)19-5-8-21(9-6-19)44-17-22-16-42(12-13-43(22)34(44)49)18-25-26(32(47)50-4)28(23-10-7-20(37)15-24(23)36)40-29(39-25)30-38-11-14-52-30/h5-11,14-15,22,27-28H,12-13,16-18H2,1-4H3,(H,39,40)(H,41,48)(H,45,46)/t22-,27?,28?/m0/s1. The van der Waals surface area contributed by atoms with Crippen LogP contribution < -0.4 is 15.5 Å². The van der Waals surface area contributed by atoms with Crippen LogP contribution in [0, 0.1) is 5.82 Å². The zero-order valence-electron chi connectivity index (χ0n) is 28.8. The third-order valence-electron chi connectivity index (χ3n) is 8.69. The Bertz CT molecular complexity index is 1930. The number of aromatic nitrogens is 1. The third kappa shape index (κ3) is 7.88. The SMILES string of the molecule is COC(=O)C1=C(CN2CCN3C(=O)N(c4ccc(C(NC(=O)OC(C)(C)C)C(=O)O)cc4)C[C@@H]3C2)NC(c2nccs2)=NC1c1ccc(F)cc1Cl. The average molecular weight is 754 g/mol. The van der Waals surface area contributed by atoms with E-state index in [4.69, 9.17) is 26.1 Å². The van der Waals surface area contributed by atoms with Gasteiger partial charge in [0.25, 0.3) is 0 Å². The van der Waals surface area contributed by atoms with Gasteiger partial charge in [0.2, 0.25) is 0 Å². The fraction of sp³-hybridized carbons (Fsp3) is 0.371. The van der Waals surface area contributed by atoms with Crippen LogP contribution >= 0.6 is 22.9 Å². The number of benzene rings is 2. The predicted octanol–water partition coefficient (Wildman–Crippen LogP) is 4.73. The number of alkyl carbamates (subject to hydrolysis) is 1. The largest absolute Gasteiger partial charge is 0.479 e. The molecule has 0 saturated carbocycles. The van der Waals surface area contributed by atoms with E-state index in [-0.39, 0.29) is 29.2 Å². The highest BCUT2D eigenvalue weighted by molar-refractivity contribution is 7.11. The number of carbonyl (C=O) groups excluding carboxylic acids is 3. The second-order valence-corrected chi connectivity index (χ2v) is 14.7. The minimum absolute atomic E-state index is 0.110. The molecule has 3 aliphatic heterocycles. The summed E-state index contributed by atoms with van der Waals surface area (Å²) in [5.41, 5.74) is 1.26. The topological polar surface area (TPSA) is 166 Å². The van der Waals surface area contributed by atoms with Crippen molar-refractivity contribution in [1.82, 2.24) is 25.4 Å². The first kappa shape index (κ1) is 36.7. The van der Waals surface area contributed by atoms with E-state index in [0.29, 0.717) is 59.5 Å². The summed E-state index contributed by atoms with van der Waals surface area (Å²) in [5, 5.41) is 18.0. The van der Waals surface area contributed by atoms with Crippen molar-refractivity contribution in [3.8, 4) is 0 Å². The summed E-state index contributed by atoms with van der Waals surface area (Å²) in [6.07, 6.45) is 0.782. The molecule has 0 aliphatic carbocycles. The van der Waals surface area contributed by atoms with Gasteiger partial charge in [0.1, 0.15) is 17.5 Å². The zero-order valence-corrected chi connectivity index (χ0v) is 30.3. The van der Waals surface area contributed by atoms with Crippen molar-refractivity contribution in [2.75, 3.05) is 44.7 Å². The molecule has 3 amide bonds. The smallest absolute Gasteiger partial charge is 0.408 e. The molecule has 17 heteroatoms. The van der Waals surface area contributed by atoms with Crippen molar-refractivity contribution in [1.29, 1.82) is 0 Å². The number of urea groups is 1. The van der Waals surface area contributed by atoms with E-state index in [1.54, 1.807) is 66.4 Å². The monoisotopic (exact) mass is 753 g/mol. The molecule has 3 N–H and O–H groups in total. The minimum Gasteiger partial charge on any atom is -0.479 e. The van der Waals surface area contributed by atoms with Gasteiger partial charge < -0.3 is 30.1 Å². The Morgan fingerprint density at radius 1 is 1.15 bits per heavy atom. The maximum absolute atomic E-state index is 14.0. The highest BCUT2D eigenvalue weighted by Crippen LogP contribution is 2.37. The summed E-state index contributed by atoms with van der Waals surface area (Å²) in [5.74, 6) is -1.98. The average Bonchev–Trinajstić information content (AvgIpc) is 3.74. The molecular weight excluding hydrogens is 717 g/mol. The lowest BCUT2D eigenvalue weighted by Crippen LogP contribution is -2.53. The van der Waals surface area contributed by atoms with E-state index in [1.807, 2.05) is 0 Å². The first-order chi connectivity index (χ1) is 24.7. The number of amidine groups is 1. The number of carboxylic acid groups (broad SMARTS) is 1. The Morgan fingerprint density at radius 3 is 2.54 bits per heavy atom. The van der Waals surface area contributed by atoms with Crippen LogP contribution in [0.5, 0.6) is 0 Å². The van der Waals surface area contributed by atoms with Crippen LogP contribution in [0.2, 0.25) is 5.02 Å². The van der Waals surface area contributed by atoms with Crippen LogP contribution in [0.3, 0.4) is 0 Å². The summed E-state index contributed by atoms with van der Waals surface area (Å²) < 4.78 is 24.5. The molecule has 4 heterocycles. The fourth-order valence-electron chi connectivity index (χ4n) is 6.38. The molecule has 14 nitrogen and oxygen atoms in total. The number of aliphatic carboxylic acids is 1. The van der Waals surface area contributed by atoms with Crippen molar-refractivity contribution in [3.63, 3.8) is 0 Å². The number of nitrogens with zero attached hydrogens (tertiary/aromatic N) is 5. The molecule has 2 aromatic carbocycles. The number of piperazine rings is 1. The molecule has 2 fully saturated rings. The maximum atomic E-state index is 14.0. The van der Waals surface area contributed by atoms with Crippen LogP contribution in [0.15, 0.2) is 70.3 Å². The number of thiazole rings is 1. The number of carbonyl (C=O) groups is 4. The number of carboxylic acids is 1. The molecule has 274 valence electrons. The molecule has 3 aliphatic rings. The van der Waals surface area contributed by atoms with Gasteiger partial charge in [-0.25, -0.2) is 28.6 Å². The van der Waals surface area contributed by atoms with Crippen LogP contribution in [-0.4, -0.2) is 101 Å². The van der Waals surface area contributed by atoms with Gasteiger partial charge in [0, 0.05) is 66.3 Å². The van der Waals surface area contributed by atoms with E-state index in [1.165, 1.54) is 36.6 Å². The summed E-state index contributed by atoms with van der Waals surface area (Å²) in [6.45, 7) is 7.07. The van der Waals surface area contributed by atoms with Gasteiger partial charge in [0.05, 0.1) is 18.7 Å².